The molecule has 6 heterocycles. The molecule has 2 aromatic rings. The van der Waals surface area contributed by atoms with Gasteiger partial charge in [-0.3, -0.25) is 14.5 Å². The number of H-pyrrole nitrogens is 1. The number of aryl methyl sites for hydroxylation is 2. The number of hydrogen-bond acceptors (Lipinski definition) is 5. The minimum atomic E-state index is 0.538. The van der Waals surface area contributed by atoms with Crippen LogP contribution in [0.5, 0.6) is 0 Å². The average molecular weight is 494 g/mol. The maximum atomic E-state index is 4.64. The Morgan fingerprint density at radius 2 is 1.58 bits per heavy atom. The van der Waals surface area contributed by atoms with Crippen LogP contribution in [0, 0.1) is 10.8 Å². The summed E-state index contributed by atoms with van der Waals surface area (Å²) in [6.45, 7) is 9.35. The summed E-state index contributed by atoms with van der Waals surface area (Å²) in [6.07, 6.45) is 19.7. The van der Waals surface area contributed by atoms with Crippen molar-refractivity contribution in [3.8, 4) is 0 Å². The molecule has 6 aliphatic rings. The van der Waals surface area contributed by atoms with Crippen LogP contribution in [0.4, 0.5) is 0 Å². The number of aromatic amines is 1. The lowest BCUT2D eigenvalue weighted by Crippen LogP contribution is -2.40. The van der Waals surface area contributed by atoms with Gasteiger partial charge in [-0.15, -0.1) is 0 Å². The van der Waals surface area contributed by atoms with Gasteiger partial charge in [0.2, 0.25) is 0 Å². The number of rotatable bonds is 2. The van der Waals surface area contributed by atoms with E-state index in [-0.39, 0.29) is 0 Å². The summed E-state index contributed by atoms with van der Waals surface area (Å²) in [5.41, 5.74) is 1.11. The highest BCUT2D eigenvalue weighted by Crippen LogP contribution is 2.61. The van der Waals surface area contributed by atoms with Crippen LogP contribution < -0.4 is 4.68 Å². The molecule has 2 aromatic heterocycles. The Bertz CT molecular complexity index is 993. The van der Waals surface area contributed by atoms with E-state index in [9.17, 15) is 0 Å². The van der Waals surface area contributed by atoms with Crippen molar-refractivity contribution < 1.29 is 4.68 Å². The van der Waals surface area contributed by atoms with Gasteiger partial charge in [-0.05, 0) is 69.4 Å². The highest BCUT2D eigenvalue weighted by Gasteiger charge is 2.65. The first kappa shape index (κ1) is 23.3. The van der Waals surface area contributed by atoms with Crippen molar-refractivity contribution in [1.82, 2.24) is 34.6 Å². The molecule has 2 spiro atoms. The molecule has 0 unspecified atom stereocenters. The molecule has 0 amide bonds. The number of hydrogen-bond donors (Lipinski definition) is 1. The van der Waals surface area contributed by atoms with Crippen LogP contribution in [0.25, 0.3) is 0 Å². The second-order valence-electron chi connectivity index (χ2n) is 12.8. The Morgan fingerprint density at radius 3 is 2.36 bits per heavy atom. The normalized spacial score (nSPS) is 39.2. The highest BCUT2D eigenvalue weighted by molar-refractivity contribution is 5.17. The van der Waals surface area contributed by atoms with E-state index in [0.29, 0.717) is 10.8 Å². The van der Waals surface area contributed by atoms with Gasteiger partial charge in [0, 0.05) is 54.4 Å². The summed E-state index contributed by atoms with van der Waals surface area (Å²) in [7, 11) is 0. The molecule has 8 nitrogen and oxygen atoms in total. The first-order valence-electron chi connectivity index (χ1n) is 14.9. The standard InChI is InChI=1S/2C14H22N4/c2*1-2-18-11-5-3-4-6-13-15-10-17(16-13)9-14(7-11)8-12(14)18/h2*10-12H,2-9H2,1H3/p+1/t2*11-,12-,14+/m11/s1. The van der Waals surface area contributed by atoms with Gasteiger partial charge in [-0.25, -0.2) is 4.98 Å². The smallest absolute Gasteiger partial charge is 0.297 e. The van der Waals surface area contributed by atoms with E-state index in [2.05, 4.69) is 53.2 Å². The molecule has 36 heavy (non-hydrogen) atoms. The summed E-state index contributed by atoms with van der Waals surface area (Å²) in [4.78, 5) is 14.5. The van der Waals surface area contributed by atoms with Crippen molar-refractivity contribution in [2.24, 2.45) is 10.8 Å². The molecule has 2 saturated carbocycles. The number of nitrogens with zero attached hydrogens (tertiary/aromatic N) is 7. The second kappa shape index (κ2) is 8.90. The fourth-order valence-corrected chi connectivity index (χ4v) is 8.76. The maximum absolute atomic E-state index is 4.64. The Morgan fingerprint density at radius 1 is 0.889 bits per heavy atom. The molecule has 0 radical (unpaired) electrons. The van der Waals surface area contributed by atoms with Crippen molar-refractivity contribution >= 4 is 0 Å². The van der Waals surface area contributed by atoms with Crippen LogP contribution in [0.15, 0.2) is 12.7 Å². The minimum absolute atomic E-state index is 0.538. The van der Waals surface area contributed by atoms with Crippen LogP contribution in [-0.2, 0) is 25.9 Å². The fraction of sp³-hybridized carbons (Fsp3) is 0.857. The van der Waals surface area contributed by atoms with Gasteiger partial charge < -0.3 is 0 Å². The predicted octanol–water partition coefficient (Wildman–Crippen LogP) is 3.13. The quantitative estimate of drug-likeness (QED) is 0.651. The summed E-state index contributed by atoms with van der Waals surface area (Å²) in [5, 5.41) is 8.10. The van der Waals surface area contributed by atoms with Gasteiger partial charge >= 0.3 is 6.33 Å². The maximum Gasteiger partial charge on any atom is 0.307 e. The predicted molar refractivity (Wildman–Crippen MR) is 137 cm³/mol. The molecule has 196 valence electrons. The largest absolute Gasteiger partial charge is 0.307 e. The molecule has 4 aliphatic heterocycles. The average Bonchev–Trinajstić information content (AvgIpc) is 3.40. The zero-order valence-electron chi connectivity index (χ0n) is 22.4. The van der Waals surface area contributed by atoms with E-state index in [1.54, 1.807) is 0 Å². The molecule has 4 fully saturated rings. The van der Waals surface area contributed by atoms with E-state index >= 15 is 0 Å². The Balaban J connectivity index is 0.000000122. The molecule has 1 N–H and O–H groups in total. The van der Waals surface area contributed by atoms with Crippen molar-refractivity contribution in [1.29, 1.82) is 0 Å². The lowest BCUT2D eigenvalue weighted by Gasteiger charge is -2.25. The van der Waals surface area contributed by atoms with E-state index in [1.807, 2.05) is 12.7 Å². The van der Waals surface area contributed by atoms with Gasteiger partial charge in [0.15, 0.2) is 5.82 Å². The third-order valence-electron chi connectivity index (χ3n) is 10.6. The third-order valence-corrected chi connectivity index (χ3v) is 10.6. The van der Waals surface area contributed by atoms with Crippen LogP contribution in [0.2, 0.25) is 0 Å². The van der Waals surface area contributed by atoms with Crippen molar-refractivity contribution in [3.05, 3.63) is 24.3 Å². The van der Waals surface area contributed by atoms with Crippen LogP contribution in [-0.4, -0.2) is 71.9 Å². The number of piperidine rings is 2. The summed E-state index contributed by atoms with van der Waals surface area (Å²) in [6, 6.07) is 3.38. The minimum Gasteiger partial charge on any atom is -0.297 e. The molecule has 6 atom stereocenters. The van der Waals surface area contributed by atoms with Gasteiger partial charge in [0.05, 0.1) is 0 Å². The molecule has 0 aromatic carbocycles. The fourth-order valence-electron chi connectivity index (χ4n) is 8.76. The van der Waals surface area contributed by atoms with Gasteiger partial charge in [0.1, 0.15) is 12.9 Å². The summed E-state index contributed by atoms with van der Waals surface area (Å²) in [5.74, 6) is 2.22. The van der Waals surface area contributed by atoms with E-state index < -0.39 is 0 Å². The van der Waals surface area contributed by atoms with Crippen LogP contribution in [0.3, 0.4) is 0 Å². The number of nitrogens with one attached hydrogen (secondary N) is 1. The Hall–Kier alpha value is -1.80. The first-order chi connectivity index (χ1) is 17.6. The molecule has 8 rings (SSSR count). The Labute approximate surface area is 215 Å². The van der Waals surface area contributed by atoms with Gasteiger partial charge in [-0.2, -0.15) is 14.9 Å². The highest BCUT2D eigenvalue weighted by atomic mass is 15.4. The van der Waals surface area contributed by atoms with E-state index in [1.165, 1.54) is 83.1 Å². The number of likely N-dealkylation sites (tertiary alicyclic amines) is 2. The summed E-state index contributed by atoms with van der Waals surface area (Å²) >= 11 is 0. The zero-order chi connectivity index (χ0) is 24.3. The number of aromatic nitrogens is 6. The first-order valence-corrected chi connectivity index (χ1v) is 14.9. The lowest BCUT2D eigenvalue weighted by molar-refractivity contribution is -0.759. The number of fused-ring (bicyclic) bond motifs is 6. The third kappa shape index (κ3) is 4.03. The van der Waals surface area contributed by atoms with Gasteiger partial charge in [0.25, 0.3) is 5.82 Å². The lowest BCUT2D eigenvalue weighted by atomic mass is 9.96. The second-order valence-corrected chi connectivity index (χ2v) is 12.8. The molecule has 8 heteroatoms. The SMILES string of the molecule is CCN1[C@@H]2CCCCc3nc[n+]([nH]3)C[C@]3(C2)C[C@@H]13.CCN1[C@@H]2CCCCc3ncn(n3)C[C@]3(C2)C[C@@H]13. The van der Waals surface area contributed by atoms with Crippen molar-refractivity contribution in [3.63, 3.8) is 0 Å². The molecular formula is C28H45N8+. The molecule has 2 saturated heterocycles. The topological polar surface area (TPSA) is 69.8 Å². The van der Waals surface area contributed by atoms with Crippen molar-refractivity contribution in [2.75, 3.05) is 13.1 Å². The zero-order valence-corrected chi connectivity index (χ0v) is 22.4. The van der Waals surface area contributed by atoms with Gasteiger partial charge in [-0.1, -0.05) is 26.7 Å². The van der Waals surface area contributed by atoms with E-state index in [4.69, 9.17) is 0 Å². The van der Waals surface area contributed by atoms with Crippen LogP contribution in [0.1, 0.15) is 89.7 Å². The Kier molecular flexibility index (Phi) is 5.77. The van der Waals surface area contributed by atoms with Crippen molar-refractivity contribution in [2.45, 2.75) is 128 Å². The van der Waals surface area contributed by atoms with Crippen LogP contribution >= 0.6 is 0 Å². The molecule has 8 bridgehead atoms. The van der Waals surface area contributed by atoms with E-state index in [0.717, 1.165) is 55.9 Å². The molecular weight excluding hydrogens is 448 g/mol. The molecule has 2 aliphatic carbocycles. The summed E-state index contributed by atoms with van der Waals surface area (Å²) < 4.78 is 4.34. The monoisotopic (exact) mass is 493 g/mol.